The van der Waals surface area contributed by atoms with E-state index in [0.717, 1.165) is 5.56 Å². The van der Waals surface area contributed by atoms with Crippen molar-refractivity contribution in [3.63, 3.8) is 0 Å². The molecule has 2 bridgehead atoms. The summed E-state index contributed by atoms with van der Waals surface area (Å²) in [7, 11) is 3.00. The Bertz CT molecular complexity index is 957. The van der Waals surface area contributed by atoms with Gasteiger partial charge in [0.25, 0.3) is 0 Å². The summed E-state index contributed by atoms with van der Waals surface area (Å²) in [5, 5.41) is 0. The molecule has 0 unspecified atom stereocenters. The number of allylic oxidation sites excluding steroid dienone is 3. The molecule has 0 aromatic heterocycles. The summed E-state index contributed by atoms with van der Waals surface area (Å²) in [4.78, 5) is 26.5. The zero-order valence-electron chi connectivity index (χ0n) is 16.6. The molecule has 29 heavy (non-hydrogen) atoms. The molecular weight excluding hydrogens is 364 g/mol. The summed E-state index contributed by atoms with van der Waals surface area (Å²) in [6.45, 7) is 0. The fourth-order valence-corrected chi connectivity index (χ4v) is 4.73. The number of methoxy groups -OCH3 is 2. The molecule has 5 rings (SSSR count). The van der Waals surface area contributed by atoms with E-state index in [9.17, 15) is 9.59 Å². The molecule has 0 radical (unpaired) electrons. The summed E-state index contributed by atoms with van der Waals surface area (Å²) < 4.78 is 11.3. The average Bonchev–Trinajstić information content (AvgIpc) is 2.79. The fraction of sp³-hybridized carbons (Fsp3) is 0.280. The van der Waals surface area contributed by atoms with Crippen molar-refractivity contribution in [1.82, 2.24) is 0 Å². The highest BCUT2D eigenvalue weighted by atomic mass is 16.7. The second-order valence-electron chi connectivity index (χ2n) is 7.57. The minimum atomic E-state index is -1.33. The lowest BCUT2D eigenvalue weighted by molar-refractivity contribution is -0.241. The van der Waals surface area contributed by atoms with Gasteiger partial charge in [-0.2, -0.15) is 0 Å². The minimum absolute atomic E-state index is 0.0931. The first-order valence-corrected chi connectivity index (χ1v) is 9.75. The topological polar surface area (TPSA) is 52.6 Å². The van der Waals surface area contributed by atoms with Crippen molar-refractivity contribution in [2.75, 3.05) is 14.2 Å². The molecule has 0 heterocycles. The predicted molar refractivity (Wildman–Crippen MR) is 111 cm³/mol. The molecule has 0 aliphatic heterocycles. The second kappa shape index (κ2) is 7.54. The Hall–Kier alpha value is -2.82. The number of fused-ring (bicyclic) bond motifs is 2. The third kappa shape index (κ3) is 3.00. The Morgan fingerprint density at radius 1 is 1.00 bits per heavy atom. The van der Waals surface area contributed by atoms with Crippen LogP contribution < -0.4 is 0 Å². The van der Waals surface area contributed by atoms with Crippen LogP contribution in [0.15, 0.2) is 85.0 Å². The van der Waals surface area contributed by atoms with Crippen molar-refractivity contribution >= 4 is 11.6 Å². The molecule has 1 fully saturated rings. The highest BCUT2D eigenvalue weighted by molar-refractivity contribution is 6.06. The van der Waals surface area contributed by atoms with Gasteiger partial charge < -0.3 is 9.47 Å². The van der Waals surface area contributed by atoms with E-state index in [1.165, 1.54) is 20.3 Å². The van der Waals surface area contributed by atoms with E-state index in [0.29, 0.717) is 12.0 Å². The number of benzene rings is 2. The van der Waals surface area contributed by atoms with Crippen molar-refractivity contribution in [2.45, 2.75) is 18.1 Å². The van der Waals surface area contributed by atoms with E-state index in [-0.39, 0.29) is 23.4 Å². The number of ketones is 2. The van der Waals surface area contributed by atoms with Crippen LogP contribution in [0.25, 0.3) is 0 Å². The van der Waals surface area contributed by atoms with Gasteiger partial charge in [0, 0.05) is 31.6 Å². The van der Waals surface area contributed by atoms with E-state index in [4.69, 9.17) is 9.47 Å². The monoisotopic (exact) mass is 388 g/mol. The Morgan fingerprint density at radius 3 is 2.24 bits per heavy atom. The Balaban J connectivity index is 1.80. The molecule has 0 saturated heterocycles. The molecule has 2 aromatic rings. The maximum atomic E-state index is 13.8. The average molecular weight is 388 g/mol. The third-order valence-corrected chi connectivity index (χ3v) is 6.25. The smallest absolute Gasteiger partial charge is 0.236 e. The van der Waals surface area contributed by atoms with Gasteiger partial charge in [0.1, 0.15) is 0 Å². The van der Waals surface area contributed by atoms with E-state index in [1.807, 2.05) is 60.7 Å². The summed E-state index contributed by atoms with van der Waals surface area (Å²) in [5.41, 5.74) is 0.641. The predicted octanol–water partition coefficient (Wildman–Crippen LogP) is 4.34. The van der Waals surface area contributed by atoms with Gasteiger partial charge in [-0.05, 0) is 18.1 Å². The van der Waals surface area contributed by atoms with Gasteiger partial charge in [0.15, 0.2) is 5.78 Å². The highest BCUT2D eigenvalue weighted by Gasteiger charge is 2.63. The molecule has 4 nitrogen and oxygen atoms in total. The molecule has 0 spiro atoms. The number of carbonyl (C=O) groups excluding carboxylic acids is 2. The molecule has 0 N–H and O–H groups in total. The molecule has 4 heteroatoms. The lowest BCUT2D eigenvalue weighted by Gasteiger charge is -2.53. The van der Waals surface area contributed by atoms with Gasteiger partial charge in [-0.15, -0.1) is 0 Å². The van der Waals surface area contributed by atoms with E-state index < -0.39 is 11.2 Å². The van der Waals surface area contributed by atoms with Crippen LogP contribution in [0.3, 0.4) is 0 Å². The van der Waals surface area contributed by atoms with Crippen LogP contribution in [0.4, 0.5) is 0 Å². The Kier molecular flexibility index (Phi) is 5.07. The first-order valence-electron chi connectivity index (χ1n) is 9.75. The van der Waals surface area contributed by atoms with Crippen LogP contribution in [0.1, 0.15) is 28.3 Å². The van der Waals surface area contributed by atoms with Gasteiger partial charge in [-0.1, -0.05) is 78.9 Å². The van der Waals surface area contributed by atoms with Gasteiger partial charge in [0.05, 0.1) is 5.41 Å². The van der Waals surface area contributed by atoms with Crippen molar-refractivity contribution in [3.05, 3.63) is 96.1 Å². The summed E-state index contributed by atoms with van der Waals surface area (Å²) in [6.07, 6.45) is 7.85. The van der Waals surface area contributed by atoms with Gasteiger partial charge in [-0.3, -0.25) is 9.59 Å². The lowest BCUT2D eigenvalue weighted by atomic mass is 9.54. The zero-order valence-corrected chi connectivity index (χ0v) is 16.6. The SMILES string of the molecule is COC1(OC)C(=O)[C@]2(/C=C/C(=O)c3ccccc3)C=C[C@H]1C[C@H]2c1ccccc1. The van der Waals surface area contributed by atoms with E-state index >= 15 is 0 Å². The number of hydrogen-bond acceptors (Lipinski definition) is 4. The van der Waals surface area contributed by atoms with Crippen molar-refractivity contribution in [2.24, 2.45) is 11.3 Å². The number of rotatable bonds is 6. The van der Waals surface area contributed by atoms with Crippen LogP contribution in [-0.4, -0.2) is 31.6 Å². The molecule has 3 atom stereocenters. The van der Waals surface area contributed by atoms with Crippen LogP contribution >= 0.6 is 0 Å². The minimum Gasteiger partial charge on any atom is -0.346 e. The Labute approximate surface area is 170 Å². The van der Waals surface area contributed by atoms with Crippen LogP contribution in [0.2, 0.25) is 0 Å². The maximum absolute atomic E-state index is 13.8. The molecule has 148 valence electrons. The normalized spacial score (nSPS) is 27.4. The number of Topliss-reactive ketones (excluding diaryl/α,β-unsaturated/α-hetero) is 1. The molecule has 1 saturated carbocycles. The summed E-state index contributed by atoms with van der Waals surface area (Å²) in [5.74, 6) is -1.92. The first kappa shape index (κ1) is 19.5. The van der Waals surface area contributed by atoms with Crippen molar-refractivity contribution < 1.29 is 19.1 Å². The van der Waals surface area contributed by atoms with Gasteiger partial charge >= 0.3 is 0 Å². The number of hydrogen-bond donors (Lipinski definition) is 0. The van der Waals surface area contributed by atoms with Gasteiger partial charge in [0.2, 0.25) is 11.6 Å². The molecule has 0 amide bonds. The highest BCUT2D eigenvalue weighted by Crippen LogP contribution is 2.57. The van der Waals surface area contributed by atoms with Crippen LogP contribution in [0, 0.1) is 11.3 Å². The molecule has 3 aliphatic rings. The lowest BCUT2D eigenvalue weighted by Crippen LogP contribution is -2.62. The van der Waals surface area contributed by atoms with Crippen LogP contribution in [0.5, 0.6) is 0 Å². The van der Waals surface area contributed by atoms with Gasteiger partial charge in [-0.25, -0.2) is 0 Å². The van der Waals surface area contributed by atoms with Crippen LogP contribution in [-0.2, 0) is 14.3 Å². The Morgan fingerprint density at radius 2 is 1.62 bits per heavy atom. The summed E-state index contributed by atoms with van der Waals surface area (Å²) in [6, 6.07) is 19.0. The molecular formula is C25H24O4. The van der Waals surface area contributed by atoms with E-state index in [1.54, 1.807) is 18.2 Å². The number of ether oxygens (including phenoxy) is 2. The zero-order chi connectivity index (χ0) is 20.5. The quantitative estimate of drug-likeness (QED) is 0.320. The number of carbonyl (C=O) groups is 2. The first-order chi connectivity index (χ1) is 14.1. The standard InChI is InChI=1S/C25H24O4/c1-28-25(29-2)20-13-15-24(23(25)27,21(17-20)18-9-5-3-6-10-18)16-14-22(26)19-11-7-4-8-12-19/h3-16,20-21H,17H2,1-2H3/b16-14+/t20-,21-,24-/m0/s1. The fourth-order valence-electron chi connectivity index (χ4n) is 4.73. The molecule has 2 aromatic carbocycles. The third-order valence-electron chi connectivity index (χ3n) is 6.25. The van der Waals surface area contributed by atoms with Crippen molar-refractivity contribution in [3.8, 4) is 0 Å². The largest absolute Gasteiger partial charge is 0.346 e. The molecule has 3 aliphatic carbocycles. The summed E-state index contributed by atoms with van der Waals surface area (Å²) >= 11 is 0. The maximum Gasteiger partial charge on any atom is 0.236 e. The second-order valence-corrected chi connectivity index (χ2v) is 7.57. The van der Waals surface area contributed by atoms with E-state index in [2.05, 4.69) is 0 Å². The van der Waals surface area contributed by atoms with Crippen molar-refractivity contribution in [1.29, 1.82) is 0 Å².